The zero-order valence-corrected chi connectivity index (χ0v) is 11.3. The molecule has 106 valence electrons. The average molecular weight is 285 g/mol. The fourth-order valence-electron chi connectivity index (χ4n) is 2.21. The van der Waals surface area contributed by atoms with Crippen LogP contribution in [0.3, 0.4) is 0 Å². The molecular weight excluding hydrogens is 272 g/mol. The Morgan fingerprint density at radius 1 is 1.00 bits per heavy atom. The lowest BCUT2D eigenvalue weighted by molar-refractivity contribution is 0.603. The van der Waals surface area contributed by atoms with Gasteiger partial charge in [0.2, 0.25) is 0 Å². The van der Waals surface area contributed by atoms with Crippen LogP contribution in [0, 0.1) is 18.6 Å². The van der Waals surface area contributed by atoms with Gasteiger partial charge in [-0.05, 0) is 37.3 Å². The Labute approximate surface area is 120 Å². The first-order valence-electron chi connectivity index (χ1n) is 6.41. The Kier molecular flexibility index (Phi) is 3.17. The molecule has 0 aliphatic heterocycles. The van der Waals surface area contributed by atoms with E-state index in [1.165, 1.54) is 0 Å². The van der Waals surface area contributed by atoms with Gasteiger partial charge >= 0.3 is 0 Å². The molecule has 0 unspecified atom stereocenters. The Morgan fingerprint density at radius 2 is 1.81 bits per heavy atom. The number of nitrogen functional groups attached to an aromatic ring is 1. The minimum absolute atomic E-state index is 0.0792. The number of hydrogen-bond acceptors (Lipinski definition) is 3. The van der Waals surface area contributed by atoms with Gasteiger partial charge in [0.25, 0.3) is 0 Å². The molecule has 0 atom stereocenters. The Morgan fingerprint density at radius 3 is 2.62 bits per heavy atom. The molecule has 0 saturated heterocycles. The number of rotatable bonds is 2. The SMILES string of the molecule is Cc1cc2c(Nc3cc(F)ccc3F)ccc(N)c2cn1. The van der Waals surface area contributed by atoms with Crippen molar-refractivity contribution in [1.29, 1.82) is 0 Å². The van der Waals surface area contributed by atoms with E-state index in [4.69, 9.17) is 5.73 Å². The van der Waals surface area contributed by atoms with Crippen molar-refractivity contribution in [2.45, 2.75) is 6.92 Å². The van der Waals surface area contributed by atoms with Crippen LogP contribution < -0.4 is 11.1 Å². The highest BCUT2D eigenvalue weighted by molar-refractivity contribution is 6.01. The molecule has 2 aromatic carbocycles. The monoisotopic (exact) mass is 285 g/mol. The summed E-state index contributed by atoms with van der Waals surface area (Å²) in [5, 5.41) is 4.49. The number of nitrogens with two attached hydrogens (primary N) is 1. The fourth-order valence-corrected chi connectivity index (χ4v) is 2.21. The highest BCUT2D eigenvalue weighted by Gasteiger charge is 2.09. The lowest BCUT2D eigenvalue weighted by atomic mass is 10.1. The van der Waals surface area contributed by atoms with Crippen molar-refractivity contribution in [3.8, 4) is 0 Å². The molecule has 3 rings (SSSR count). The van der Waals surface area contributed by atoms with Crippen LogP contribution in [0.2, 0.25) is 0 Å². The summed E-state index contributed by atoms with van der Waals surface area (Å²) in [7, 11) is 0. The van der Waals surface area contributed by atoms with Crippen molar-refractivity contribution in [3.05, 3.63) is 59.9 Å². The highest BCUT2D eigenvalue weighted by atomic mass is 19.1. The molecule has 0 aliphatic carbocycles. The summed E-state index contributed by atoms with van der Waals surface area (Å²) >= 11 is 0. The predicted molar refractivity (Wildman–Crippen MR) is 80.5 cm³/mol. The zero-order chi connectivity index (χ0) is 15.0. The zero-order valence-electron chi connectivity index (χ0n) is 11.3. The molecule has 3 aromatic rings. The van der Waals surface area contributed by atoms with Gasteiger partial charge in [0.15, 0.2) is 0 Å². The van der Waals surface area contributed by atoms with Gasteiger partial charge in [0, 0.05) is 40.1 Å². The molecule has 0 fully saturated rings. The van der Waals surface area contributed by atoms with E-state index in [-0.39, 0.29) is 5.69 Å². The molecule has 0 radical (unpaired) electrons. The second kappa shape index (κ2) is 5.01. The molecule has 5 heteroatoms. The Hall–Kier alpha value is -2.69. The quantitative estimate of drug-likeness (QED) is 0.695. The van der Waals surface area contributed by atoms with Crippen LogP contribution in [0.25, 0.3) is 10.8 Å². The molecule has 1 heterocycles. The third-order valence-corrected chi connectivity index (χ3v) is 3.27. The van der Waals surface area contributed by atoms with E-state index in [2.05, 4.69) is 10.3 Å². The normalized spacial score (nSPS) is 10.8. The number of nitrogens with zero attached hydrogens (tertiary/aromatic N) is 1. The van der Waals surface area contributed by atoms with Gasteiger partial charge in [-0.1, -0.05) is 0 Å². The van der Waals surface area contributed by atoms with Crippen LogP contribution in [-0.4, -0.2) is 4.98 Å². The molecule has 0 amide bonds. The Bertz CT molecular complexity index is 831. The van der Waals surface area contributed by atoms with Crippen LogP contribution in [0.15, 0.2) is 42.6 Å². The molecule has 3 N–H and O–H groups in total. The maximum Gasteiger partial charge on any atom is 0.146 e. The number of aromatic nitrogens is 1. The minimum Gasteiger partial charge on any atom is -0.398 e. The summed E-state index contributed by atoms with van der Waals surface area (Å²) in [6.45, 7) is 1.86. The molecule has 0 bridgehead atoms. The third kappa shape index (κ3) is 2.50. The first-order valence-corrected chi connectivity index (χ1v) is 6.41. The fraction of sp³-hybridized carbons (Fsp3) is 0.0625. The number of nitrogens with one attached hydrogen (secondary N) is 1. The number of aryl methyl sites for hydroxylation is 1. The molecule has 1 aromatic heterocycles. The summed E-state index contributed by atoms with van der Waals surface area (Å²) in [5.41, 5.74) is 8.05. The highest BCUT2D eigenvalue weighted by Crippen LogP contribution is 2.31. The molecule has 0 spiro atoms. The van der Waals surface area contributed by atoms with Crippen molar-refractivity contribution in [2.75, 3.05) is 11.1 Å². The summed E-state index contributed by atoms with van der Waals surface area (Å²) in [5.74, 6) is -1.02. The smallest absolute Gasteiger partial charge is 0.146 e. The largest absolute Gasteiger partial charge is 0.398 e. The maximum absolute atomic E-state index is 13.7. The molecule has 0 saturated carbocycles. The second-order valence-electron chi connectivity index (χ2n) is 4.82. The van der Waals surface area contributed by atoms with Gasteiger partial charge in [0.1, 0.15) is 11.6 Å². The first-order chi connectivity index (χ1) is 10.0. The van der Waals surface area contributed by atoms with Gasteiger partial charge in [0.05, 0.1) is 5.69 Å². The summed E-state index contributed by atoms with van der Waals surface area (Å²) < 4.78 is 27.0. The standard InChI is InChI=1S/C16H13F2N3/c1-9-6-11-12(8-20-9)14(19)4-5-15(11)21-16-7-10(17)2-3-13(16)18/h2-8,21H,19H2,1H3. The van der Waals surface area contributed by atoms with Gasteiger partial charge < -0.3 is 11.1 Å². The van der Waals surface area contributed by atoms with Gasteiger partial charge in [-0.3, -0.25) is 4.98 Å². The lowest BCUT2D eigenvalue weighted by Gasteiger charge is -2.12. The lowest BCUT2D eigenvalue weighted by Crippen LogP contribution is -1.98. The van der Waals surface area contributed by atoms with Gasteiger partial charge in [-0.25, -0.2) is 8.78 Å². The third-order valence-electron chi connectivity index (χ3n) is 3.27. The van der Waals surface area contributed by atoms with Crippen molar-refractivity contribution in [1.82, 2.24) is 4.98 Å². The van der Waals surface area contributed by atoms with Crippen LogP contribution >= 0.6 is 0 Å². The molecule has 0 aliphatic rings. The van der Waals surface area contributed by atoms with Gasteiger partial charge in [-0.2, -0.15) is 0 Å². The summed E-state index contributed by atoms with van der Waals surface area (Å²) in [6, 6.07) is 8.58. The van der Waals surface area contributed by atoms with Crippen molar-refractivity contribution >= 4 is 27.8 Å². The van der Waals surface area contributed by atoms with Crippen LogP contribution in [0.5, 0.6) is 0 Å². The predicted octanol–water partition coefficient (Wildman–Crippen LogP) is 4.15. The number of benzene rings is 2. The topological polar surface area (TPSA) is 50.9 Å². The van der Waals surface area contributed by atoms with Crippen LogP contribution in [0.4, 0.5) is 25.8 Å². The van der Waals surface area contributed by atoms with E-state index in [0.717, 1.165) is 34.7 Å². The Balaban J connectivity index is 2.14. The minimum atomic E-state index is -0.521. The van der Waals surface area contributed by atoms with E-state index in [0.29, 0.717) is 11.4 Å². The number of pyridine rings is 1. The van der Waals surface area contributed by atoms with Gasteiger partial charge in [-0.15, -0.1) is 0 Å². The summed E-state index contributed by atoms with van der Waals surface area (Å²) in [4.78, 5) is 4.21. The number of hydrogen-bond donors (Lipinski definition) is 2. The van der Waals surface area contributed by atoms with Crippen molar-refractivity contribution in [2.24, 2.45) is 0 Å². The average Bonchev–Trinajstić information content (AvgIpc) is 2.46. The van der Waals surface area contributed by atoms with E-state index in [1.807, 2.05) is 13.0 Å². The van der Waals surface area contributed by atoms with E-state index >= 15 is 0 Å². The van der Waals surface area contributed by atoms with Crippen molar-refractivity contribution in [3.63, 3.8) is 0 Å². The first kappa shape index (κ1) is 13.3. The van der Waals surface area contributed by atoms with E-state index in [1.54, 1.807) is 18.3 Å². The number of halogens is 2. The molecular formula is C16H13F2N3. The molecule has 21 heavy (non-hydrogen) atoms. The number of fused-ring (bicyclic) bond motifs is 1. The van der Waals surface area contributed by atoms with E-state index in [9.17, 15) is 8.78 Å². The molecule has 3 nitrogen and oxygen atoms in total. The summed E-state index contributed by atoms with van der Waals surface area (Å²) in [6.07, 6.45) is 1.67. The van der Waals surface area contributed by atoms with Crippen molar-refractivity contribution < 1.29 is 8.78 Å². The number of anilines is 3. The maximum atomic E-state index is 13.7. The van der Waals surface area contributed by atoms with Crippen LogP contribution in [-0.2, 0) is 0 Å². The van der Waals surface area contributed by atoms with Crippen LogP contribution in [0.1, 0.15) is 5.69 Å². The van der Waals surface area contributed by atoms with E-state index < -0.39 is 11.6 Å². The second-order valence-corrected chi connectivity index (χ2v) is 4.82.